The van der Waals surface area contributed by atoms with Crippen LogP contribution in [0.5, 0.6) is 17.2 Å². The molecular weight excluding hydrogens is 420 g/mol. The predicted octanol–water partition coefficient (Wildman–Crippen LogP) is 5.49. The van der Waals surface area contributed by atoms with Crippen molar-refractivity contribution in [2.75, 3.05) is 14.2 Å². The quantitative estimate of drug-likeness (QED) is 0.238. The van der Waals surface area contributed by atoms with Gasteiger partial charge in [0.25, 0.3) is 0 Å². The Morgan fingerprint density at radius 2 is 1.70 bits per heavy atom. The topological polar surface area (TPSA) is 75.3 Å². The average Bonchev–Trinajstić information content (AvgIpc) is 3.35. The van der Waals surface area contributed by atoms with E-state index in [1.165, 1.54) is 0 Å². The van der Waals surface area contributed by atoms with Gasteiger partial charge in [-0.1, -0.05) is 35.5 Å². The summed E-state index contributed by atoms with van der Waals surface area (Å²) >= 11 is 0. The highest BCUT2D eigenvalue weighted by molar-refractivity contribution is 5.80. The Hall–Kier alpha value is -4.26. The van der Waals surface area contributed by atoms with E-state index in [2.05, 4.69) is 10.1 Å². The van der Waals surface area contributed by atoms with Gasteiger partial charge in [-0.15, -0.1) is 0 Å². The van der Waals surface area contributed by atoms with E-state index in [-0.39, 0.29) is 6.61 Å². The number of nitrogens with zero attached hydrogens (tertiary/aromatic N) is 2. The molecule has 0 saturated heterocycles. The Bertz CT molecular complexity index is 1190. The van der Waals surface area contributed by atoms with Crippen LogP contribution in [0.1, 0.15) is 16.8 Å². The minimum absolute atomic E-state index is 0.186. The van der Waals surface area contributed by atoms with Gasteiger partial charge >= 0.3 is 0 Å². The molecule has 0 bridgehead atoms. The van der Waals surface area contributed by atoms with Crippen molar-refractivity contribution in [2.45, 2.75) is 13.2 Å². The highest BCUT2D eigenvalue weighted by Gasteiger charge is 2.08. The third-order valence-corrected chi connectivity index (χ3v) is 4.80. The largest absolute Gasteiger partial charge is 0.497 e. The van der Waals surface area contributed by atoms with Gasteiger partial charge in [0.15, 0.2) is 18.1 Å². The molecule has 1 heterocycles. The van der Waals surface area contributed by atoms with Crippen LogP contribution in [0.2, 0.25) is 0 Å². The molecule has 0 aliphatic rings. The molecule has 3 aromatic carbocycles. The van der Waals surface area contributed by atoms with E-state index in [0.717, 1.165) is 22.4 Å². The molecule has 0 aliphatic carbocycles. The van der Waals surface area contributed by atoms with Gasteiger partial charge in [-0.2, -0.15) is 0 Å². The first-order valence-corrected chi connectivity index (χ1v) is 10.3. The lowest BCUT2D eigenvalue weighted by Gasteiger charge is -2.11. The minimum Gasteiger partial charge on any atom is -0.497 e. The average molecular weight is 444 g/mol. The summed E-state index contributed by atoms with van der Waals surface area (Å²) in [5.74, 6) is 2.57. The molecule has 168 valence electrons. The normalized spacial score (nSPS) is 10.8. The van der Waals surface area contributed by atoms with Crippen molar-refractivity contribution in [3.63, 3.8) is 0 Å². The molecule has 0 spiro atoms. The predicted molar refractivity (Wildman–Crippen MR) is 125 cm³/mol. The number of oxazole rings is 1. The van der Waals surface area contributed by atoms with Crippen LogP contribution in [0, 0.1) is 0 Å². The number of oxime groups is 1. The Morgan fingerprint density at radius 1 is 0.879 bits per heavy atom. The maximum absolute atomic E-state index is 5.88. The van der Waals surface area contributed by atoms with Crippen LogP contribution in [0.4, 0.5) is 0 Å². The smallest absolute Gasteiger partial charge is 0.226 e. The number of hydrogen-bond donors (Lipinski definition) is 0. The van der Waals surface area contributed by atoms with Crippen molar-refractivity contribution in [3.05, 3.63) is 95.9 Å². The number of ether oxygens (including phenoxy) is 3. The molecule has 0 N–H and O–H groups in total. The monoisotopic (exact) mass is 444 g/mol. The standard InChI is InChI=1S/C26H24N2O5/c1-29-23-11-9-21(10-12-23)26-28-22(17-32-26)18-33-27-15-20-8-13-24(25(14-20)30-2)31-16-19-6-4-3-5-7-19/h3-15,17H,16,18H2,1-2H3/b27-15+. The Labute approximate surface area is 192 Å². The van der Waals surface area contributed by atoms with E-state index < -0.39 is 0 Å². The van der Waals surface area contributed by atoms with Gasteiger partial charge < -0.3 is 23.5 Å². The Kier molecular flexibility index (Phi) is 7.22. The second kappa shape index (κ2) is 10.9. The molecule has 0 saturated carbocycles. The lowest BCUT2D eigenvalue weighted by atomic mass is 10.2. The van der Waals surface area contributed by atoms with Crippen LogP contribution in [-0.4, -0.2) is 25.4 Å². The molecular formula is C26H24N2O5. The zero-order valence-electron chi connectivity index (χ0n) is 18.4. The fourth-order valence-corrected chi connectivity index (χ4v) is 3.06. The fourth-order valence-electron chi connectivity index (χ4n) is 3.06. The lowest BCUT2D eigenvalue weighted by Crippen LogP contribution is -1.98. The van der Waals surface area contributed by atoms with Crippen LogP contribution in [0.15, 0.2) is 88.6 Å². The zero-order chi connectivity index (χ0) is 22.9. The molecule has 0 atom stereocenters. The number of methoxy groups -OCH3 is 2. The number of rotatable bonds is 10. The van der Waals surface area contributed by atoms with Crippen LogP contribution in [0.25, 0.3) is 11.5 Å². The summed E-state index contributed by atoms with van der Waals surface area (Å²) in [5, 5.41) is 4.02. The van der Waals surface area contributed by atoms with E-state index >= 15 is 0 Å². The molecule has 0 radical (unpaired) electrons. The van der Waals surface area contributed by atoms with Crippen molar-refractivity contribution in [1.29, 1.82) is 0 Å². The molecule has 0 aliphatic heterocycles. The van der Waals surface area contributed by atoms with Crippen molar-refractivity contribution in [3.8, 4) is 28.7 Å². The second-order valence-electron chi connectivity index (χ2n) is 7.07. The summed E-state index contributed by atoms with van der Waals surface area (Å²) in [6.07, 6.45) is 3.16. The van der Waals surface area contributed by atoms with Gasteiger partial charge in [-0.3, -0.25) is 0 Å². The molecule has 7 nitrogen and oxygen atoms in total. The van der Waals surface area contributed by atoms with Crippen molar-refractivity contribution < 1.29 is 23.5 Å². The molecule has 7 heteroatoms. The number of aromatic nitrogens is 1. The summed E-state index contributed by atoms with van der Waals surface area (Å²) in [4.78, 5) is 9.80. The molecule has 4 aromatic rings. The fraction of sp³-hybridized carbons (Fsp3) is 0.154. The zero-order valence-corrected chi connectivity index (χ0v) is 18.4. The number of benzene rings is 3. The first-order valence-electron chi connectivity index (χ1n) is 10.3. The highest BCUT2D eigenvalue weighted by atomic mass is 16.6. The summed E-state index contributed by atoms with van der Waals surface area (Å²) < 4.78 is 22.0. The molecule has 1 aromatic heterocycles. The van der Waals surface area contributed by atoms with E-state index in [4.69, 9.17) is 23.5 Å². The summed E-state index contributed by atoms with van der Waals surface area (Å²) in [6, 6.07) is 23.0. The van der Waals surface area contributed by atoms with E-state index in [1.54, 1.807) is 26.7 Å². The van der Waals surface area contributed by atoms with Gasteiger partial charge in [0.05, 0.1) is 20.4 Å². The maximum Gasteiger partial charge on any atom is 0.226 e. The second-order valence-corrected chi connectivity index (χ2v) is 7.07. The third-order valence-electron chi connectivity index (χ3n) is 4.80. The first-order chi connectivity index (χ1) is 16.2. The van der Waals surface area contributed by atoms with E-state index in [0.29, 0.717) is 29.7 Å². The molecule has 0 fully saturated rings. The molecule has 0 amide bonds. The Balaban J connectivity index is 1.31. The third kappa shape index (κ3) is 5.92. The molecule has 4 rings (SSSR count). The van der Waals surface area contributed by atoms with Crippen LogP contribution in [-0.2, 0) is 18.1 Å². The van der Waals surface area contributed by atoms with Crippen LogP contribution in [0.3, 0.4) is 0 Å². The first kappa shape index (κ1) is 22.0. The number of hydrogen-bond acceptors (Lipinski definition) is 7. The van der Waals surface area contributed by atoms with Gasteiger partial charge in [0.2, 0.25) is 5.89 Å². The van der Waals surface area contributed by atoms with Crippen molar-refractivity contribution in [2.24, 2.45) is 5.16 Å². The SMILES string of the molecule is COc1ccc(-c2nc(CO/N=C/c3ccc(OCc4ccccc4)c(OC)c3)co2)cc1. The maximum atomic E-state index is 5.88. The lowest BCUT2D eigenvalue weighted by molar-refractivity contribution is 0.129. The van der Waals surface area contributed by atoms with Crippen molar-refractivity contribution >= 4 is 6.21 Å². The van der Waals surface area contributed by atoms with E-state index in [9.17, 15) is 0 Å². The van der Waals surface area contributed by atoms with Crippen LogP contribution < -0.4 is 14.2 Å². The van der Waals surface area contributed by atoms with Gasteiger partial charge in [0, 0.05) is 11.1 Å². The van der Waals surface area contributed by atoms with Gasteiger partial charge in [-0.25, -0.2) is 4.98 Å². The van der Waals surface area contributed by atoms with Gasteiger partial charge in [0.1, 0.15) is 24.3 Å². The van der Waals surface area contributed by atoms with E-state index in [1.807, 2.05) is 72.8 Å². The van der Waals surface area contributed by atoms with Crippen LogP contribution >= 0.6 is 0 Å². The Morgan fingerprint density at radius 3 is 2.45 bits per heavy atom. The minimum atomic E-state index is 0.186. The van der Waals surface area contributed by atoms with Crippen molar-refractivity contribution in [1.82, 2.24) is 4.98 Å². The highest BCUT2D eigenvalue weighted by Crippen LogP contribution is 2.28. The molecule has 33 heavy (non-hydrogen) atoms. The summed E-state index contributed by atoms with van der Waals surface area (Å²) in [6.45, 7) is 0.648. The molecule has 0 unspecified atom stereocenters. The summed E-state index contributed by atoms with van der Waals surface area (Å²) in [7, 11) is 3.23. The van der Waals surface area contributed by atoms with Gasteiger partial charge in [-0.05, 0) is 48.0 Å². The summed E-state index contributed by atoms with van der Waals surface area (Å²) in [5.41, 5.74) is 3.40.